The van der Waals surface area contributed by atoms with Crippen LogP contribution in [0.4, 0.5) is 6.01 Å². The molecule has 1 saturated heterocycles. The van der Waals surface area contributed by atoms with E-state index < -0.39 is 15.9 Å². The smallest absolute Gasteiger partial charge is 0.322 e. The first-order valence-electron chi connectivity index (χ1n) is 10.2. The molecule has 10 heteroatoms. The number of nitrogens with one attached hydrogen (secondary N) is 1. The van der Waals surface area contributed by atoms with Crippen molar-refractivity contribution in [2.45, 2.75) is 17.7 Å². The van der Waals surface area contributed by atoms with Crippen LogP contribution in [0.15, 0.2) is 74.4 Å². The van der Waals surface area contributed by atoms with Gasteiger partial charge in [-0.3, -0.25) is 10.1 Å². The van der Waals surface area contributed by atoms with Crippen molar-refractivity contribution in [3.05, 3.63) is 60.7 Å². The molecule has 0 bridgehead atoms. The fourth-order valence-electron chi connectivity index (χ4n) is 3.78. The van der Waals surface area contributed by atoms with E-state index in [1.54, 1.807) is 36.4 Å². The number of fused-ring (bicyclic) bond motifs is 1. The van der Waals surface area contributed by atoms with Gasteiger partial charge in [0.1, 0.15) is 5.58 Å². The van der Waals surface area contributed by atoms with Gasteiger partial charge in [-0.25, -0.2) is 8.42 Å². The van der Waals surface area contributed by atoms with Crippen LogP contribution < -0.4 is 5.32 Å². The molecule has 1 fully saturated rings. The highest BCUT2D eigenvalue weighted by Crippen LogP contribution is 2.28. The van der Waals surface area contributed by atoms with Crippen LogP contribution in [0.25, 0.3) is 22.6 Å². The zero-order valence-corrected chi connectivity index (χ0v) is 17.8. The Labute approximate surface area is 184 Å². The third kappa shape index (κ3) is 3.90. The number of rotatable bonds is 5. The predicted octanol–water partition coefficient (Wildman–Crippen LogP) is 3.52. The molecule has 164 valence electrons. The molecule has 1 amide bonds. The second-order valence-corrected chi connectivity index (χ2v) is 9.50. The average molecular weight is 452 g/mol. The van der Waals surface area contributed by atoms with Gasteiger partial charge in [-0.1, -0.05) is 41.5 Å². The number of hydrogen-bond acceptors (Lipinski definition) is 7. The molecule has 4 aromatic rings. The number of anilines is 1. The quantitative estimate of drug-likeness (QED) is 0.492. The number of nitrogens with zero attached hydrogens (tertiary/aromatic N) is 3. The first-order chi connectivity index (χ1) is 15.5. The molecule has 9 nitrogen and oxygen atoms in total. The van der Waals surface area contributed by atoms with E-state index >= 15 is 0 Å². The summed E-state index contributed by atoms with van der Waals surface area (Å²) in [5.74, 6) is -0.341. The van der Waals surface area contributed by atoms with Gasteiger partial charge in [-0.05, 0) is 37.1 Å². The molecule has 0 saturated carbocycles. The lowest BCUT2D eigenvalue weighted by Crippen LogP contribution is -2.43. The summed E-state index contributed by atoms with van der Waals surface area (Å²) in [6.45, 7) is 0.464. The van der Waals surface area contributed by atoms with Crippen molar-refractivity contribution in [3.63, 3.8) is 0 Å². The Balaban J connectivity index is 1.28. The summed E-state index contributed by atoms with van der Waals surface area (Å²) in [5.41, 5.74) is 0.688. The molecule has 32 heavy (non-hydrogen) atoms. The lowest BCUT2D eigenvalue weighted by Gasteiger charge is -2.30. The minimum Gasteiger partial charge on any atom is -0.451 e. The van der Waals surface area contributed by atoms with Gasteiger partial charge in [0.2, 0.25) is 15.9 Å². The number of sulfonamides is 1. The number of benzene rings is 2. The molecule has 1 aliphatic heterocycles. The Morgan fingerprint density at radius 1 is 1.03 bits per heavy atom. The summed E-state index contributed by atoms with van der Waals surface area (Å²) >= 11 is 0. The van der Waals surface area contributed by atoms with Crippen molar-refractivity contribution in [3.8, 4) is 11.7 Å². The van der Waals surface area contributed by atoms with E-state index in [1.807, 2.05) is 24.3 Å². The van der Waals surface area contributed by atoms with Gasteiger partial charge in [0.15, 0.2) is 5.76 Å². The van der Waals surface area contributed by atoms with Gasteiger partial charge < -0.3 is 8.83 Å². The minimum absolute atomic E-state index is 0.0616. The summed E-state index contributed by atoms with van der Waals surface area (Å²) < 4.78 is 38.4. The maximum absolute atomic E-state index is 12.9. The van der Waals surface area contributed by atoms with Crippen LogP contribution in [0.2, 0.25) is 0 Å². The molecule has 1 N–H and O–H groups in total. The van der Waals surface area contributed by atoms with E-state index in [4.69, 9.17) is 8.83 Å². The first kappa shape index (κ1) is 20.4. The van der Waals surface area contributed by atoms with Crippen molar-refractivity contribution < 1.29 is 22.0 Å². The van der Waals surface area contributed by atoms with Crippen LogP contribution in [0.3, 0.4) is 0 Å². The molecule has 1 aliphatic rings. The Kier molecular flexibility index (Phi) is 5.24. The summed E-state index contributed by atoms with van der Waals surface area (Å²) in [6.07, 6.45) is 1.15. The van der Waals surface area contributed by atoms with Crippen molar-refractivity contribution in [1.29, 1.82) is 0 Å². The molecule has 0 radical (unpaired) electrons. The number of furan rings is 1. The van der Waals surface area contributed by atoms with Gasteiger partial charge in [0.25, 0.3) is 5.89 Å². The highest BCUT2D eigenvalue weighted by molar-refractivity contribution is 7.89. The second-order valence-electron chi connectivity index (χ2n) is 7.57. The van der Waals surface area contributed by atoms with Gasteiger partial charge in [0.05, 0.1) is 10.8 Å². The van der Waals surface area contributed by atoms with E-state index in [9.17, 15) is 13.2 Å². The van der Waals surface area contributed by atoms with Gasteiger partial charge in [0, 0.05) is 18.5 Å². The van der Waals surface area contributed by atoms with Crippen molar-refractivity contribution in [2.75, 3.05) is 18.4 Å². The highest BCUT2D eigenvalue weighted by Gasteiger charge is 2.33. The van der Waals surface area contributed by atoms with E-state index in [1.165, 1.54) is 4.31 Å². The van der Waals surface area contributed by atoms with Crippen LogP contribution in [-0.4, -0.2) is 41.9 Å². The Morgan fingerprint density at radius 2 is 1.81 bits per heavy atom. The van der Waals surface area contributed by atoms with E-state index in [2.05, 4.69) is 15.5 Å². The number of hydrogen-bond donors (Lipinski definition) is 1. The average Bonchev–Trinajstić information content (AvgIpc) is 3.46. The van der Waals surface area contributed by atoms with Crippen LogP contribution in [0.5, 0.6) is 0 Å². The van der Waals surface area contributed by atoms with Crippen molar-refractivity contribution >= 4 is 32.9 Å². The fourth-order valence-corrected chi connectivity index (χ4v) is 5.33. The maximum atomic E-state index is 12.9. The van der Waals surface area contributed by atoms with E-state index in [-0.39, 0.29) is 29.3 Å². The SMILES string of the molecule is O=C(Nc1nnc(-c2cc3ccccc3o2)o1)C1CCCN(S(=O)(=O)c2ccccc2)C1. The third-order valence-electron chi connectivity index (χ3n) is 5.43. The van der Waals surface area contributed by atoms with Gasteiger partial charge >= 0.3 is 6.01 Å². The van der Waals surface area contributed by atoms with Crippen LogP contribution in [-0.2, 0) is 14.8 Å². The normalized spacial score (nSPS) is 17.4. The number of aromatic nitrogens is 2. The lowest BCUT2D eigenvalue weighted by atomic mass is 9.99. The highest BCUT2D eigenvalue weighted by atomic mass is 32.2. The molecule has 1 unspecified atom stereocenters. The number of piperidine rings is 1. The molecular weight excluding hydrogens is 432 g/mol. The Morgan fingerprint density at radius 3 is 2.62 bits per heavy atom. The molecule has 3 heterocycles. The number of carbonyl (C=O) groups excluding carboxylic acids is 1. The summed E-state index contributed by atoms with van der Waals surface area (Å²) in [7, 11) is -3.66. The lowest BCUT2D eigenvalue weighted by molar-refractivity contribution is -0.121. The molecule has 0 aliphatic carbocycles. The molecule has 2 aromatic heterocycles. The Bertz CT molecular complexity index is 1330. The molecule has 1 atom stereocenters. The zero-order chi connectivity index (χ0) is 22.1. The number of amides is 1. The topological polar surface area (TPSA) is 119 Å². The second kappa shape index (κ2) is 8.21. The zero-order valence-electron chi connectivity index (χ0n) is 17.0. The summed E-state index contributed by atoms with van der Waals surface area (Å²) in [5, 5.41) is 11.3. The van der Waals surface area contributed by atoms with E-state index in [0.717, 1.165) is 5.39 Å². The van der Waals surface area contributed by atoms with Crippen molar-refractivity contribution in [2.24, 2.45) is 5.92 Å². The minimum atomic E-state index is -3.66. The standard InChI is InChI=1S/C22H20N4O5S/c27-20(16-8-6-12-26(14-16)32(28,29)17-9-2-1-3-10-17)23-22-25-24-21(31-22)19-13-15-7-4-5-11-18(15)30-19/h1-5,7,9-11,13,16H,6,8,12,14H2,(H,23,25,27). The number of carbonyl (C=O) groups is 1. The largest absolute Gasteiger partial charge is 0.451 e. The molecule has 0 spiro atoms. The van der Waals surface area contributed by atoms with Crippen LogP contribution in [0, 0.1) is 5.92 Å². The van der Waals surface area contributed by atoms with E-state index in [0.29, 0.717) is 30.7 Å². The van der Waals surface area contributed by atoms with Gasteiger partial charge in [-0.2, -0.15) is 4.31 Å². The monoisotopic (exact) mass is 452 g/mol. The Hall–Kier alpha value is -3.50. The molecular formula is C22H20N4O5S. The van der Waals surface area contributed by atoms with Crippen LogP contribution >= 0.6 is 0 Å². The fraction of sp³-hybridized carbons (Fsp3) is 0.227. The third-order valence-corrected chi connectivity index (χ3v) is 7.31. The maximum Gasteiger partial charge on any atom is 0.322 e. The summed E-state index contributed by atoms with van der Waals surface area (Å²) in [4.78, 5) is 13.0. The first-order valence-corrected chi connectivity index (χ1v) is 11.6. The summed E-state index contributed by atoms with van der Waals surface area (Å²) in [6, 6.07) is 17.4. The predicted molar refractivity (Wildman–Crippen MR) is 116 cm³/mol. The van der Waals surface area contributed by atoms with Crippen molar-refractivity contribution in [1.82, 2.24) is 14.5 Å². The number of para-hydroxylation sites is 1. The molecule has 2 aromatic carbocycles. The van der Waals surface area contributed by atoms with Gasteiger partial charge in [-0.15, -0.1) is 5.10 Å². The van der Waals surface area contributed by atoms with Crippen LogP contribution in [0.1, 0.15) is 12.8 Å². The molecule has 5 rings (SSSR count).